The zero-order valence-electron chi connectivity index (χ0n) is 16.7. The third-order valence-electron chi connectivity index (χ3n) is 5.75. The van der Waals surface area contributed by atoms with Gasteiger partial charge in [-0.2, -0.15) is 0 Å². The predicted octanol–water partition coefficient (Wildman–Crippen LogP) is 1.83. The number of benzene rings is 1. The highest BCUT2D eigenvalue weighted by atomic mass is 16.2. The Balaban J connectivity index is 1.41. The topological polar surface area (TPSA) is 80.3 Å². The number of amides is 3. The molecule has 2 atom stereocenters. The van der Waals surface area contributed by atoms with Crippen LogP contribution in [0.1, 0.15) is 24.5 Å². The van der Waals surface area contributed by atoms with Gasteiger partial charge in [-0.1, -0.05) is 12.1 Å². The first-order valence-corrected chi connectivity index (χ1v) is 9.58. The lowest BCUT2D eigenvalue weighted by Crippen LogP contribution is -2.62. The first-order valence-electron chi connectivity index (χ1n) is 9.58. The summed E-state index contributed by atoms with van der Waals surface area (Å²) >= 11 is 0. The van der Waals surface area contributed by atoms with Gasteiger partial charge >= 0.3 is 6.03 Å². The lowest BCUT2D eigenvalue weighted by atomic mass is 10.1. The van der Waals surface area contributed by atoms with Crippen molar-refractivity contribution in [3.63, 3.8) is 0 Å². The van der Waals surface area contributed by atoms with Crippen molar-refractivity contribution in [3.8, 4) is 0 Å². The molecule has 8 heteroatoms. The van der Waals surface area contributed by atoms with Crippen LogP contribution in [0.2, 0.25) is 0 Å². The molecule has 3 amide bonds. The highest BCUT2D eigenvalue weighted by Gasteiger charge is 2.51. The lowest BCUT2D eigenvalue weighted by Gasteiger charge is -2.34. The number of hydrogen-bond donors (Lipinski definition) is 2. The molecule has 4 rings (SSSR count). The SMILES string of the molecule is CC1=CN2C(=NC3C2C(=O)NC(=O)N3C)N1CCCNc1cccc(C)c1C. The quantitative estimate of drug-likeness (QED) is 0.760. The van der Waals surface area contributed by atoms with Crippen molar-refractivity contribution in [2.45, 2.75) is 39.4 Å². The average molecular weight is 382 g/mol. The number of aryl methyl sites for hydroxylation is 1. The number of aliphatic imine (C=N–C) groups is 1. The van der Waals surface area contributed by atoms with E-state index in [1.165, 1.54) is 16.0 Å². The summed E-state index contributed by atoms with van der Waals surface area (Å²) in [6.45, 7) is 7.88. The molecule has 0 saturated carbocycles. The maximum atomic E-state index is 12.3. The molecule has 0 bridgehead atoms. The number of imide groups is 1. The molecule has 28 heavy (non-hydrogen) atoms. The average Bonchev–Trinajstić information content (AvgIpc) is 3.16. The van der Waals surface area contributed by atoms with Crippen molar-refractivity contribution in [1.29, 1.82) is 0 Å². The standard InChI is InChI=1S/C20H26N6O2/c1-12-7-5-8-15(14(12)3)21-9-6-10-25-13(2)11-26-16-17(22-19(25)26)24(4)20(28)23-18(16)27/h5,7-8,11,16-17,21H,6,9-10H2,1-4H3,(H,23,27,28). The van der Waals surface area contributed by atoms with Gasteiger partial charge in [0, 0.05) is 37.7 Å². The van der Waals surface area contributed by atoms with Gasteiger partial charge in [-0.15, -0.1) is 0 Å². The van der Waals surface area contributed by atoms with Crippen molar-refractivity contribution < 1.29 is 9.59 Å². The predicted molar refractivity (Wildman–Crippen MR) is 108 cm³/mol. The number of hydrogen-bond acceptors (Lipinski definition) is 6. The van der Waals surface area contributed by atoms with Gasteiger partial charge in [0.1, 0.15) is 0 Å². The molecule has 3 aliphatic rings. The minimum Gasteiger partial charge on any atom is -0.385 e. The number of nitrogens with zero attached hydrogens (tertiary/aromatic N) is 4. The number of carbonyl (C=O) groups is 2. The molecule has 1 aromatic rings. The molecule has 1 aromatic carbocycles. The number of rotatable bonds is 5. The summed E-state index contributed by atoms with van der Waals surface area (Å²) < 4.78 is 0. The van der Waals surface area contributed by atoms with Crippen molar-refractivity contribution in [2.24, 2.45) is 4.99 Å². The van der Waals surface area contributed by atoms with Crippen LogP contribution in [0.5, 0.6) is 0 Å². The Morgan fingerprint density at radius 1 is 1.21 bits per heavy atom. The van der Waals surface area contributed by atoms with Crippen molar-refractivity contribution in [2.75, 3.05) is 25.5 Å². The fourth-order valence-electron chi connectivity index (χ4n) is 3.93. The Bertz CT molecular complexity index is 893. The molecular formula is C20H26N6O2. The van der Waals surface area contributed by atoms with Crippen LogP contribution in [0.4, 0.5) is 10.5 Å². The zero-order valence-corrected chi connectivity index (χ0v) is 16.7. The minimum absolute atomic E-state index is 0.297. The van der Waals surface area contributed by atoms with E-state index in [0.29, 0.717) is 0 Å². The molecule has 0 spiro atoms. The summed E-state index contributed by atoms with van der Waals surface area (Å²) in [7, 11) is 1.67. The molecule has 0 aliphatic carbocycles. The highest BCUT2D eigenvalue weighted by Crippen LogP contribution is 2.31. The molecule has 0 aromatic heterocycles. The van der Waals surface area contributed by atoms with Gasteiger partial charge in [0.25, 0.3) is 5.91 Å². The smallest absolute Gasteiger partial charge is 0.325 e. The van der Waals surface area contributed by atoms with Crippen LogP contribution in [0.3, 0.4) is 0 Å². The summed E-state index contributed by atoms with van der Waals surface area (Å²) in [5.74, 6) is 0.449. The van der Waals surface area contributed by atoms with E-state index in [-0.39, 0.29) is 5.91 Å². The van der Waals surface area contributed by atoms with Crippen LogP contribution in [0.25, 0.3) is 0 Å². The fourth-order valence-corrected chi connectivity index (χ4v) is 3.93. The van der Waals surface area contributed by atoms with Crippen LogP contribution in [-0.2, 0) is 4.79 Å². The third-order valence-corrected chi connectivity index (χ3v) is 5.75. The van der Waals surface area contributed by atoms with E-state index in [1.54, 1.807) is 7.05 Å². The summed E-state index contributed by atoms with van der Waals surface area (Å²) in [6.07, 6.45) is 2.39. The van der Waals surface area contributed by atoms with E-state index in [4.69, 9.17) is 0 Å². The van der Waals surface area contributed by atoms with Gasteiger partial charge in [-0.25, -0.2) is 9.79 Å². The van der Waals surface area contributed by atoms with Gasteiger partial charge in [-0.05, 0) is 44.4 Å². The van der Waals surface area contributed by atoms with Crippen molar-refractivity contribution >= 4 is 23.6 Å². The summed E-state index contributed by atoms with van der Waals surface area (Å²) in [6, 6.07) is 5.38. The van der Waals surface area contributed by atoms with Crippen LogP contribution in [0, 0.1) is 13.8 Å². The summed E-state index contributed by atoms with van der Waals surface area (Å²) in [5.41, 5.74) is 4.76. The van der Waals surface area contributed by atoms with Crippen LogP contribution in [-0.4, -0.2) is 64.9 Å². The Morgan fingerprint density at radius 2 is 2.00 bits per heavy atom. The largest absolute Gasteiger partial charge is 0.385 e. The van der Waals surface area contributed by atoms with Crippen molar-refractivity contribution in [1.82, 2.24) is 20.0 Å². The van der Waals surface area contributed by atoms with Gasteiger partial charge in [-0.3, -0.25) is 10.1 Å². The maximum Gasteiger partial charge on any atom is 0.325 e. The number of nitrogens with one attached hydrogen (secondary N) is 2. The first-order chi connectivity index (χ1) is 13.4. The molecule has 2 unspecified atom stereocenters. The number of carbonyl (C=O) groups excluding carboxylic acids is 2. The number of allylic oxidation sites excluding steroid dienone is 1. The molecule has 8 nitrogen and oxygen atoms in total. The normalized spacial score (nSPS) is 23.4. The van der Waals surface area contributed by atoms with Crippen molar-refractivity contribution in [3.05, 3.63) is 41.2 Å². The van der Waals surface area contributed by atoms with Gasteiger partial charge in [0.05, 0.1) is 0 Å². The molecule has 1 saturated heterocycles. The highest BCUT2D eigenvalue weighted by molar-refractivity contribution is 6.04. The van der Waals surface area contributed by atoms with E-state index in [0.717, 1.165) is 36.9 Å². The van der Waals surface area contributed by atoms with Crippen LogP contribution in [0.15, 0.2) is 35.1 Å². The molecule has 1 fully saturated rings. The fraction of sp³-hybridized carbons (Fsp3) is 0.450. The van der Waals surface area contributed by atoms with E-state index in [1.807, 2.05) is 18.0 Å². The van der Waals surface area contributed by atoms with E-state index in [2.05, 4.69) is 52.6 Å². The Hall–Kier alpha value is -3.03. The molecule has 148 valence electrons. The lowest BCUT2D eigenvalue weighted by molar-refractivity contribution is -0.126. The second kappa shape index (κ2) is 6.85. The minimum atomic E-state index is -0.495. The first kappa shape index (κ1) is 18.3. The second-order valence-corrected chi connectivity index (χ2v) is 7.55. The van der Waals surface area contributed by atoms with Gasteiger partial charge < -0.3 is 20.0 Å². The number of anilines is 1. The second-order valence-electron chi connectivity index (χ2n) is 7.55. The summed E-state index contributed by atoms with van der Waals surface area (Å²) in [5, 5.41) is 5.90. The van der Waals surface area contributed by atoms with E-state index in [9.17, 15) is 9.59 Å². The third kappa shape index (κ3) is 2.89. The Morgan fingerprint density at radius 3 is 2.79 bits per heavy atom. The van der Waals surface area contributed by atoms with Crippen LogP contribution >= 0.6 is 0 Å². The number of guanidine groups is 1. The van der Waals surface area contributed by atoms with E-state index < -0.39 is 18.2 Å². The molecule has 2 N–H and O–H groups in total. The zero-order chi connectivity index (χ0) is 20.0. The van der Waals surface area contributed by atoms with E-state index >= 15 is 0 Å². The molecule has 3 heterocycles. The van der Waals surface area contributed by atoms with Gasteiger partial charge in [0.2, 0.25) is 5.96 Å². The maximum absolute atomic E-state index is 12.3. The Labute approximate surface area is 164 Å². The van der Waals surface area contributed by atoms with Gasteiger partial charge in [0.15, 0.2) is 12.2 Å². The van der Waals surface area contributed by atoms with Crippen LogP contribution < -0.4 is 10.6 Å². The Kier molecular flexibility index (Phi) is 4.49. The molecule has 3 aliphatic heterocycles. The number of urea groups is 1. The number of fused-ring (bicyclic) bond motifs is 3. The molecular weight excluding hydrogens is 356 g/mol. The summed E-state index contributed by atoms with van der Waals surface area (Å²) in [4.78, 5) is 34.4. The number of likely N-dealkylation sites (N-methyl/N-ethyl adjacent to an activating group) is 1. The monoisotopic (exact) mass is 382 g/mol. The molecule has 0 radical (unpaired) electrons.